The third kappa shape index (κ3) is 6.73. The molecule has 0 saturated carbocycles. The van der Waals surface area contributed by atoms with E-state index >= 15 is 0 Å². The normalized spacial score (nSPS) is 11.9. The Morgan fingerprint density at radius 1 is 1.47 bits per heavy atom. The Bertz CT molecular complexity index is 208. The van der Waals surface area contributed by atoms with Crippen molar-refractivity contribution in [1.82, 2.24) is 10.6 Å². The summed E-state index contributed by atoms with van der Waals surface area (Å²) in [6.45, 7) is 2.74. The molecular weight excluding hydrogens is 200 g/mol. The third-order valence-corrected chi connectivity index (χ3v) is 1.75. The van der Waals surface area contributed by atoms with E-state index in [1.165, 1.54) is 7.11 Å². The number of hydrogen-bond acceptors (Lipinski definition) is 3. The zero-order chi connectivity index (χ0) is 11.7. The summed E-state index contributed by atoms with van der Waals surface area (Å²) >= 11 is 0. The first-order valence-electron chi connectivity index (χ1n) is 4.88. The van der Waals surface area contributed by atoms with Crippen molar-refractivity contribution in [1.29, 1.82) is 0 Å². The fourth-order valence-corrected chi connectivity index (χ4v) is 0.941. The molecule has 88 valence electrons. The van der Waals surface area contributed by atoms with E-state index in [0.717, 1.165) is 6.42 Å². The fourth-order valence-electron chi connectivity index (χ4n) is 0.941. The van der Waals surface area contributed by atoms with Gasteiger partial charge in [-0.25, -0.2) is 9.59 Å². The van der Waals surface area contributed by atoms with Crippen molar-refractivity contribution in [3.63, 3.8) is 0 Å². The Morgan fingerprint density at radius 2 is 2.13 bits per heavy atom. The Labute approximate surface area is 89.0 Å². The monoisotopic (exact) mass is 218 g/mol. The van der Waals surface area contributed by atoms with Crippen molar-refractivity contribution in [2.75, 3.05) is 20.3 Å². The van der Waals surface area contributed by atoms with Gasteiger partial charge in [-0.05, 0) is 6.42 Å². The minimum Gasteiger partial charge on any atom is -0.480 e. The summed E-state index contributed by atoms with van der Waals surface area (Å²) in [5, 5.41) is 13.7. The summed E-state index contributed by atoms with van der Waals surface area (Å²) in [6, 6.07) is -1.36. The number of amides is 2. The summed E-state index contributed by atoms with van der Waals surface area (Å²) in [4.78, 5) is 21.9. The molecule has 0 aromatic carbocycles. The molecular formula is C9H18N2O4. The van der Waals surface area contributed by atoms with Crippen LogP contribution in [0.2, 0.25) is 0 Å². The van der Waals surface area contributed by atoms with Gasteiger partial charge in [-0.2, -0.15) is 0 Å². The van der Waals surface area contributed by atoms with Gasteiger partial charge in [0.05, 0.1) is 0 Å². The summed E-state index contributed by atoms with van der Waals surface area (Å²) < 4.78 is 4.75. The highest BCUT2D eigenvalue weighted by Crippen LogP contribution is 1.92. The lowest BCUT2D eigenvalue weighted by Crippen LogP contribution is -2.46. The van der Waals surface area contributed by atoms with Crippen molar-refractivity contribution in [2.45, 2.75) is 25.8 Å². The molecule has 1 atom stereocenters. The zero-order valence-corrected chi connectivity index (χ0v) is 9.08. The van der Waals surface area contributed by atoms with Crippen LogP contribution >= 0.6 is 0 Å². The van der Waals surface area contributed by atoms with Crippen LogP contribution in [0.5, 0.6) is 0 Å². The van der Waals surface area contributed by atoms with E-state index in [2.05, 4.69) is 10.6 Å². The second-order valence-corrected chi connectivity index (χ2v) is 3.07. The van der Waals surface area contributed by atoms with Gasteiger partial charge in [0, 0.05) is 26.7 Å². The number of aliphatic carboxylic acids is 1. The average Bonchev–Trinajstić information content (AvgIpc) is 2.20. The first-order chi connectivity index (χ1) is 7.11. The molecule has 0 fully saturated rings. The highest BCUT2D eigenvalue weighted by Gasteiger charge is 2.18. The first-order valence-corrected chi connectivity index (χ1v) is 4.88. The smallest absolute Gasteiger partial charge is 0.326 e. The molecule has 0 aliphatic heterocycles. The van der Waals surface area contributed by atoms with Gasteiger partial charge in [-0.1, -0.05) is 6.92 Å². The summed E-state index contributed by atoms with van der Waals surface area (Å²) in [5.41, 5.74) is 0. The molecule has 0 heterocycles. The molecule has 0 aromatic heterocycles. The standard InChI is InChI=1S/C9H18N2O4/c1-3-5-10-9(14)11-7(8(12)13)4-6-15-2/h7H,3-6H2,1-2H3,(H,12,13)(H2,10,11,14). The molecule has 0 saturated heterocycles. The molecule has 1 unspecified atom stereocenters. The van der Waals surface area contributed by atoms with Crippen LogP contribution < -0.4 is 10.6 Å². The van der Waals surface area contributed by atoms with E-state index < -0.39 is 18.0 Å². The molecule has 0 aliphatic carbocycles. The zero-order valence-electron chi connectivity index (χ0n) is 9.08. The number of rotatable bonds is 7. The van der Waals surface area contributed by atoms with E-state index in [1.807, 2.05) is 6.92 Å². The van der Waals surface area contributed by atoms with Crippen LogP contribution in [0.4, 0.5) is 4.79 Å². The van der Waals surface area contributed by atoms with Crippen LogP contribution in [0.3, 0.4) is 0 Å². The number of nitrogens with one attached hydrogen (secondary N) is 2. The van der Waals surface area contributed by atoms with Gasteiger partial charge in [-0.3, -0.25) is 0 Å². The maximum absolute atomic E-state index is 11.2. The van der Waals surface area contributed by atoms with Crippen LogP contribution in [0, 0.1) is 0 Å². The van der Waals surface area contributed by atoms with Crippen LogP contribution in [-0.2, 0) is 9.53 Å². The second-order valence-electron chi connectivity index (χ2n) is 3.07. The van der Waals surface area contributed by atoms with Crippen molar-refractivity contribution in [2.24, 2.45) is 0 Å². The lowest BCUT2D eigenvalue weighted by molar-refractivity contribution is -0.139. The Morgan fingerprint density at radius 3 is 2.60 bits per heavy atom. The number of methoxy groups -OCH3 is 1. The van der Waals surface area contributed by atoms with Gasteiger partial charge in [0.1, 0.15) is 6.04 Å². The summed E-state index contributed by atoms with van der Waals surface area (Å²) in [7, 11) is 1.48. The van der Waals surface area contributed by atoms with Gasteiger partial charge in [0.2, 0.25) is 0 Å². The van der Waals surface area contributed by atoms with Crippen molar-refractivity contribution in [3.8, 4) is 0 Å². The molecule has 6 heteroatoms. The average molecular weight is 218 g/mol. The van der Waals surface area contributed by atoms with Gasteiger partial charge in [0.25, 0.3) is 0 Å². The molecule has 0 bridgehead atoms. The van der Waals surface area contributed by atoms with E-state index in [9.17, 15) is 9.59 Å². The van der Waals surface area contributed by atoms with Crippen LogP contribution in [0.25, 0.3) is 0 Å². The number of hydrogen-bond donors (Lipinski definition) is 3. The molecule has 6 nitrogen and oxygen atoms in total. The molecule has 15 heavy (non-hydrogen) atoms. The largest absolute Gasteiger partial charge is 0.480 e. The van der Waals surface area contributed by atoms with Gasteiger partial charge >= 0.3 is 12.0 Å². The predicted molar refractivity (Wildman–Crippen MR) is 54.7 cm³/mol. The molecule has 0 aromatic rings. The molecule has 0 aliphatic rings. The number of carbonyl (C=O) groups is 2. The number of carbonyl (C=O) groups excluding carboxylic acids is 1. The first kappa shape index (κ1) is 13.7. The van der Waals surface area contributed by atoms with E-state index in [1.54, 1.807) is 0 Å². The Balaban J connectivity index is 3.93. The van der Waals surface area contributed by atoms with Crippen LogP contribution in [0.15, 0.2) is 0 Å². The van der Waals surface area contributed by atoms with Gasteiger partial charge < -0.3 is 20.5 Å². The van der Waals surface area contributed by atoms with Crippen molar-refractivity contribution in [3.05, 3.63) is 0 Å². The molecule has 0 rings (SSSR count). The van der Waals surface area contributed by atoms with E-state index in [4.69, 9.17) is 9.84 Å². The number of ether oxygens (including phenoxy) is 1. The summed E-state index contributed by atoms with van der Waals surface area (Å²) in [5.74, 6) is -1.06. The Hall–Kier alpha value is -1.30. The van der Waals surface area contributed by atoms with Gasteiger partial charge in [0.15, 0.2) is 0 Å². The molecule has 3 N–H and O–H groups in total. The minimum atomic E-state index is -1.06. The number of urea groups is 1. The molecule has 2 amide bonds. The third-order valence-electron chi connectivity index (χ3n) is 1.75. The highest BCUT2D eigenvalue weighted by atomic mass is 16.5. The van der Waals surface area contributed by atoms with Crippen LogP contribution in [-0.4, -0.2) is 43.4 Å². The van der Waals surface area contributed by atoms with Crippen molar-refractivity contribution >= 4 is 12.0 Å². The van der Waals surface area contributed by atoms with E-state index in [-0.39, 0.29) is 6.42 Å². The second kappa shape index (κ2) is 8.05. The minimum absolute atomic E-state index is 0.255. The number of carboxylic acids is 1. The lowest BCUT2D eigenvalue weighted by atomic mass is 10.2. The molecule has 0 spiro atoms. The maximum Gasteiger partial charge on any atom is 0.326 e. The fraction of sp³-hybridized carbons (Fsp3) is 0.778. The topological polar surface area (TPSA) is 87.7 Å². The van der Waals surface area contributed by atoms with E-state index in [0.29, 0.717) is 13.2 Å². The Kier molecular flexibility index (Phi) is 7.35. The molecule has 0 radical (unpaired) electrons. The summed E-state index contributed by atoms with van der Waals surface area (Å²) in [6.07, 6.45) is 1.06. The maximum atomic E-state index is 11.2. The highest BCUT2D eigenvalue weighted by molar-refractivity contribution is 5.82. The SMILES string of the molecule is CCCNC(=O)NC(CCOC)C(=O)O. The predicted octanol–water partition coefficient (Wildman–Crippen LogP) is 0.185. The number of carboxylic acid groups (broad SMARTS) is 1. The van der Waals surface area contributed by atoms with Crippen LogP contribution in [0.1, 0.15) is 19.8 Å². The van der Waals surface area contributed by atoms with Gasteiger partial charge in [-0.15, -0.1) is 0 Å². The van der Waals surface area contributed by atoms with Crippen molar-refractivity contribution < 1.29 is 19.4 Å². The quantitative estimate of drug-likeness (QED) is 0.569. The lowest BCUT2D eigenvalue weighted by Gasteiger charge is -2.14.